The van der Waals surface area contributed by atoms with Crippen LogP contribution in [0.4, 0.5) is 5.69 Å². The lowest BCUT2D eigenvalue weighted by Gasteiger charge is -2.41. The normalized spacial score (nSPS) is 22.1. The number of hydrogen-bond acceptors (Lipinski definition) is 5. The van der Waals surface area contributed by atoms with E-state index in [0.717, 1.165) is 12.1 Å². The van der Waals surface area contributed by atoms with Crippen molar-refractivity contribution in [3.63, 3.8) is 0 Å². The molecule has 2 bridgehead atoms. The Balaban J connectivity index is 1.60. The number of nitrogens with zero attached hydrogens (tertiary/aromatic N) is 2. The Hall–Kier alpha value is -2.17. The van der Waals surface area contributed by atoms with E-state index in [1.165, 1.54) is 16.6 Å². The molecule has 2 aliphatic rings. The topological polar surface area (TPSA) is 106 Å². The van der Waals surface area contributed by atoms with E-state index < -0.39 is 20.0 Å². The molecule has 8 nitrogen and oxygen atoms in total. The average molecular weight is 438 g/mol. The van der Waals surface area contributed by atoms with Gasteiger partial charge < -0.3 is 4.57 Å². The number of pyridine rings is 1. The Kier molecular flexibility index (Phi) is 5.04. The number of fused-ring (bicyclic) bond motifs is 4. The molecule has 1 saturated heterocycles. The maximum Gasteiger partial charge on any atom is 0.275 e. The van der Waals surface area contributed by atoms with E-state index in [0.29, 0.717) is 25.2 Å². The van der Waals surface area contributed by atoms with Crippen molar-refractivity contribution in [2.45, 2.75) is 24.6 Å². The Morgan fingerprint density at radius 2 is 1.72 bits per heavy atom. The summed E-state index contributed by atoms with van der Waals surface area (Å²) in [6, 6.07) is 12.0. The van der Waals surface area contributed by atoms with Crippen molar-refractivity contribution in [2.24, 2.45) is 5.92 Å². The molecular weight excluding hydrogens is 414 g/mol. The molecule has 0 amide bonds. The van der Waals surface area contributed by atoms with Crippen molar-refractivity contribution in [3.8, 4) is 0 Å². The fraction of sp³-hybridized carbons (Fsp3) is 0.421. The van der Waals surface area contributed by atoms with E-state index in [2.05, 4.69) is 4.72 Å². The molecule has 1 aromatic heterocycles. The summed E-state index contributed by atoms with van der Waals surface area (Å²) in [6.07, 6.45) is 2.02. The molecule has 2 aromatic rings. The van der Waals surface area contributed by atoms with Crippen LogP contribution in [0.25, 0.3) is 0 Å². The summed E-state index contributed by atoms with van der Waals surface area (Å²) in [4.78, 5) is 13.0. The number of piperidine rings is 1. The van der Waals surface area contributed by atoms with Crippen molar-refractivity contribution in [1.82, 2.24) is 8.87 Å². The highest BCUT2D eigenvalue weighted by atomic mass is 32.2. The van der Waals surface area contributed by atoms with Crippen molar-refractivity contribution in [3.05, 3.63) is 64.1 Å². The van der Waals surface area contributed by atoms with Crippen molar-refractivity contribution in [1.29, 1.82) is 0 Å². The van der Waals surface area contributed by atoms with Crippen LogP contribution in [0.15, 0.2) is 47.3 Å². The van der Waals surface area contributed by atoms with Gasteiger partial charge in [0.05, 0.1) is 12.0 Å². The maximum absolute atomic E-state index is 13.0. The molecule has 0 spiro atoms. The highest BCUT2D eigenvalue weighted by molar-refractivity contribution is 7.91. The fourth-order valence-electron chi connectivity index (χ4n) is 4.25. The van der Waals surface area contributed by atoms with Gasteiger partial charge in [0.2, 0.25) is 20.0 Å². The Morgan fingerprint density at radius 1 is 1.00 bits per heavy atom. The minimum absolute atomic E-state index is 0.0182. The first-order chi connectivity index (χ1) is 13.6. The molecule has 0 saturated carbocycles. The summed E-state index contributed by atoms with van der Waals surface area (Å²) in [6.45, 7) is 1.10. The molecule has 2 aliphatic heterocycles. The Labute approximate surface area is 170 Å². The largest absolute Gasteiger partial charge is 0.310 e. The molecule has 3 heterocycles. The lowest BCUT2D eigenvalue weighted by molar-refractivity contribution is 0.187. The summed E-state index contributed by atoms with van der Waals surface area (Å²) in [5.74, 6) is -0.256. The second-order valence-corrected chi connectivity index (χ2v) is 11.5. The second kappa shape index (κ2) is 7.26. The molecule has 1 fully saturated rings. The van der Waals surface area contributed by atoms with Crippen LogP contribution in [-0.2, 0) is 32.3 Å². The van der Waals surface area contributed by atoms with Gasteiger partial charge in [0, 0.05) is 31.2 Å². The van der Waals surface area contributed by atoms with E-state index in [-0.39, 0.29) is 28.8 Å². The number of benzene rings is 1. The van der Waals surface area contributed by atoms with Crippen LogP contribution >= 0.6 is 0 Å². The third-order valence-electron chi connectivity index (χ3n) is 5.50. The van der Waals surface area contributed by atoms with Crippen LogP contribution in [0.1, 0.15) is 23.6 Å². The third kappa shape index (κ3) is 4.24. The number of rotatable bonds is 5. The zero-order valence-corrected chi connectivity index (χ0v) is 17.6. The molecule has 29 heavy (non-hydrogen) atoms. The van der Waals surface area contributed by atoms with Gasteiger partial charge in [0.25, 0.3) is 5.56 Å². The third-order valence-corrected chi connectivity index (χ3v) is 7.99. The SMILES string of the molecule is CS(=O)(=O)N1CC2CC(C1)c1ccc(NS(=O)(=O)Cc3ccccc3)c(=O)n1C2. The zero-order valence-electron chi connectivity index (χ0n) is 16.0. The molecule has 10 heteroatoms. The number of sulfonamides is 2. The summed E-state index contributed by atoms with van der Waals surface area (Å²) in [7, 11) is -7.02. The molecule has 2 atom stereocenters. The first-order valence-corrected chi connectivity index (χ1v) is 12.9. The zero-order chi connectivity index (χ0) is 20.8. The van der Waals surface area contributed by atoms with Crippen LogP contribution in [0, 0.1) is 5.92 Å². The number of aromatic nitrogens is 1. The first-order valence-electron chi connectivity index (χ1n) is 9.36. The first kappa shape index (κ1) is 20.1. The van der Waals surface area contributed by atoms with E-state index in [1.54, 1.807) is 41.0 Å². The van der Waals surface area contributed by atoms with E-state index in [9.17, 15) is 21.6 Å². The highest BCUT2D eigenvalue weighted by Gasteiger charge is 2.38. The van der Waals surface area contributed by atoms with E-state index in [4.69, 9.17) is 0 Å². The summed E-state index contributed by atoms with van der Waals surface area (Å²) in [5.41, 5.74) is 1.02. The van der Waals surface area contributed by atoms with Gasteiger partial charge in [-0.25, -0.2) is 21.1 Å². The summed E-state index contributed by atoms with van der Waals surface area (Å²) >= 11 is 0. The lowest BCUT2D eigenvalue weighted by Crippen LogP contribution is -2.49. The van der Waals surface area contributed by atoms with Crippen molar-refractivity contribution >= 4 is 25.7 Å². The van der Waals surface area contributed by atoms with Crippen LogP contribution in [0.2, 0.25) is 0 Å². The van der Waals surface area contributed by atoms with Crippen LogP contribution < -0.4 is 10.3 Å². The van der Waals surface area contributed by atoms with Gasteiger partial charge in [-0.1, -0.05) is 30.3 Å². The van der Waals surface area contributed by atoms with Gasteiger partial charge in [-0.2, -0.15) is 0 Å². The van der Waals surface area contributed by atoms with Gasteiger partial charge in [-0.15, -0.1) is 0 Å². The molecule has 0 aliphatic carbocycles. The van der Waals surface area contributed by atoms with Gasteiger partial charge >= 0.3 is 0 Å². The monoisotopic (exact) mass is 437 g/mol. The predicted molar refractivity (Wildman–Crippen MR) is 111 cm³/mol. The lowest BCUT2D eigenvalue weighted by atomic mass is 9.84. The Morgan fingerprint density at radius 3 is 2.41 bits per heavy atom. The molecule has 4 rings (SSSR count). The molecular formula is C19H23N3O5S2. The fourth-order valence-corrected chi connectivity index (χ4v) is 6.37. The van der Waals surface area contributed by atoms with Gasteiger partial charge in [-0.3, -0.25) is 9.52 Å². The summed E-state index contributed by atoms with van der Waals surface area (Å²) < 4.78 is 54.4. The number of nitrogens with one attached hydrogen (secondary N) is 1. The second-order valence-electron chi connectivity index (χ2n) is 7.81. The smallest absolute Gasteiger partial charge is 0.275 e. The van der Waals surface area contributed by atoms with E-state index in [1.807, 2.05) is 0 Å². The highest BCUT2D eigenvalue weighted by Crippen LogP contribution is 2.36. The molecule has 156 valence electrons. The van der Waals surface area contributed by atoms with Crippen LogP contribution in [-0.4, -0.2) is 45.1 Å². The molecule has 1 N–H and O–H groups in total. The number of hydrogen-bond donors (Lipinski definition) is 1. The predicted octanol–water partition coefficient (Wildman–Crippen LogP) is 1.17. The summed E-state index contributed by atoms with van der Waals surface area (Å²) in [5, 5.41) is 0. The number of anilines is 1. The van der Waals surface area contributed by atoms with Crippen molar-refractivity contribution in [2.75, 3.05) is 24.1 Å². The Bertz CT molecular complexity index is 1190. The van der Waals surface area contributed by atoms with Crippen LogP contribution in [0.3, 0.4) is 0 Å². The van der Waals surface area contributed by atoms with Gasteiger partial charge in [0.15, 0.2) is 0 Å². The molecule has 1 aromatic carbocycles. The molecule has 0 radical (unpaired) electrons. The van der Waals surface area contributed by atoms with Crippen LogP contribution in [0.5, 0.6) is 0 Å². The van der Waals surface area contributed by atoms with E-state index >= 15 is 0 Å². The quantitative estimate of drug-likeness (QED) is 0.756. The standard InChI is InChI=1S/C19H23N3O5S2/c1-28(24,25)21-10-15-9-16(12-21)18-8-7-17(19(23)22(18)11-15)20-29(26,27)13-14-5-3-2-4-6-14/h2-8,15-16,20H,9-13H2,1H3. The van der Waals surface area contributed by atoms with Crippen molar-refractivity contribution < 1.29 is 16.8 Å². The average Bonchev–Trinajstić information content (AvgIpc) is 2.64. The maximum atomic E-state index is 13.0. The van der Waals surface area contributed by atoms with Gasteiger partial charge in [0.1, 0.15) is 5.69 Å². The minimum atomic E-state index is -3.73. The minimum Gasteiger partial charge on any atom is -0.310 e. The van der Waals surface area contributed by atoms with Gasteiger partial charge in [-0.05, 0) is 30.0 Å². The molecule has 2 unspecified atom stereocenters.